The van der Waals surface area contributed by atoms with Gasteiger partial charge in [0.1, 0.15) is 11.6 Å². The molecule has 1 saturated heterocycles. The lowest BCUT2D eigenvalue weighted by molar-refractivity contribution is -0.125. The van der Waals surface area contributed by atoms with Gasteiger partial charge in [-0.3, -0.25) is 9.69 Å². The summed E-state index contributed by atoms with van der Waals surface area (Å²) >= 11 is 0. The summed E-state index contributed by atoms with van der Waals surface area (Å²) in [6.07, 6.45) is 5.98. The molecule has 0 radical (unpaired) electrons. The molecule has 1 saturated carbocycles. The predicted molar refractivity (Wildman–Crippen MR) is 179 cm³/mol. The van der Waals surface area contributed by atoms with Crippen LogP contribution in [0.3, 0.4) is 0 Å². The number of hydrogen-bond acceptors (Lipinski definition) is 9. The van der Waals surface area contributed by atoms with E-state index in [1.165, 1.54) is 11.1 Å². The molecule has 3 N–H and O–H groups in total. The fraction of sp³-hybridized carbons (Fsp3) is 0.500. The van der Waals surface area contributed by atoms with Crippen molar-refractivity contribution >= 4 is 38.9 Å². The number of nitrogens with one attached hydrogen (secondary N) is 3. The van der Waals surface area contributed by atoms with Gasteiger partial charge in [-0.15, -0.1) is 0 Å². The summed E-state index contributed by atoms with van der Waals surface area (Å²) in [6.45, 7) is 13.6. The summed E-state index contributed by atoms with van der Waals surface area (Å²) in [5.41, 5.74) is 4.49. The summed E-state index contributed by atoms with van der Waals surface area (Å²) in [4.78, 5) is 23.8. The number of carbonyl (C=O) groups excluding carboxylic acids is 1. The molecule has 1 aliphatic carbocycles. The molecule has 2 aliphatic rings. The van der Waals surface area contributed by atoms with Crippen molar-refractivity contribution in [1.29, 1.82) is 0 Å². The number of aromatic nitrogens is 2. The highest BCUT2D eigenvalue weighted by molar-refractivity contribution is 7.92. The Balaban J connectivity index is 1.37. The molecule has 1 aromatic heterocycles. The van der Waals surface area contributed by atoms with Crippen molar-refractivity contribution in [3.63, 3.8) is 0 Å². The molecule has 5 rings (SSSR count). The SMILES string of the molecule is Cc1cc(Nc2ncc(C)c(Nc3ccccc3S(=O)(=O)C(C)C)n2)c(OC(C)C)cc1C1CCC(N2CCNC(=O)C2)CC1. The van der Waals surface area contributed by atoms with Gasteiger partial charge < -0.3 is 20.7 Å². The molecule has 1 aliphatic heterocycles. The number of piperazine rings is 1. The Morgan fingerprint density at radius 2 is 1.71 bits per heavy atom. The highest BCUT2D eigenvalue weighted by Crippen LogP contribution is 2.41. The zero-order valence-corrected chi connectivity index (χ0v) is 28.0. The number of aryl methyl sites for hydroxylation is 2. The van der Waals surface area contributed by atoms with Crippen molar-refractivity contribution in [3.05, 3.63) is 59.3 Å². The Kier molecular flexibility index (Phi) is 9.98. The second kappa shape index (κ2) is 13.7. The van der Waals surface area contributed by atoms with Crippen LogP contribution in [0.15, 0.2) is 47.5 Å². The molecular formula is C34H46N6O4S. The van der Waals surface area contributed by atoms with E-state index in [-0.39, 0.29) is 16.9 Å². The second-order valence-corrected chi connectivity index (χ2v) is 15.2. The monoisotopic (exact) mass is 634 g/mol. The lowest BCUT2D eigenvalue weighted by Gasteiger charge is -2.39. The van der Waals surface area contributed by atoms with Gasteiger partial charge in [-0.05, 0) is 109 Å². The van der Waals surface area contributed by atoms with Crippen LogP contribution in [0.4, 0.5) is 23.1 Å². The van der Waals surface area contributed by atoms with Crippen molar-refractivity contribution in [1.82, 2.24) is 20.2 Å². The zero-order chi connectivity index (χ0) is 32.3. The van der Waals surface area contributed by atoms with Gasteiger partial charge in [0.15, 0.2) is 9.84 Å². The van der Waals surface area contributed by atoms with E-state index in [1.54, 1.807) is 44.3 Å². The first-order chi connectivity index (χ1) is 21.4. The molecule has 1 amide bonds. The van der Waals surface area contributed by atoms with Gasteiger partial charge in [0, 0.05) is 30.9 Å². The van der Waals surface area contributed by atoms with Crippen LogP contribution in [0, 0.1) is 13.8 Å². The number of carbonyl (C=O) groups is 1. The molecule has 0 unspecified atom stereocenters. The third-order valence-electron chi connectivity index (χ3n) is 8.74. The van der Waals surface area contributed by atoms with Gasteiger partial charge in [0.25, 0.3) is 0 Å². The van der Waals surface area contributed by atoms with Crippen LogP contribution in [-0.4, -0.2) is 66.2 Å². The highest BCUT2D eigenvalue weighted by Gasteiger charge is 2.30. The van der Waals surface area contributed by atoms with Crippen molar-refractivity contribution in [2.24, 2.45) is 0 Å². The van der Waals surface area contributed by atoms with Crippen LogP contribution in [0.25, 0.3) is 0 Å². The number of ether oxygens (including phenoxy) is 1. The van der Waals surface area contributed by atoms with E-state index in [2.05, 4.69) is 44.9 Å². The lowest BCUT2D eigenvalue weighted by Crippen LogP contribution is -2.52. The summed E-state index contributed by atoms with van der Waals surface area (Å²) in [7, 11) is -3.50. The Morgan fingerprint density at radius 3 is 2.40 bits per heavy atom. The van der Waals surface area contributed by atoms with Crippen LogP contribution < -0.4 is 20.7 Å². The molecule has 2 aromatic carbocycles. The average molecular weight is 635 g/mol. The third-order valence-corrected chi connectivity index (χ3v) is 10.9. The van der Waals surface area contributed by atoms with E-state index >= 15 is 0 Å². The van der Waals surface area contributed by atoms with Gasteiger partial charge in [-0.25, -0.2) is 13.4 Å². The van der Waals surface area contributed by atoms with Gasteiger partial charge in [0.05, 0.1) is 34.2 Å². The third kappa shape index (κ3) is 7.58. The number of anilines is 4. The fourth-order valence-electron chi connectivity index (χ4n) is 6.26. The van der Waals surface area contributed by atoms with Crippen LogP contribution in [0.1, 0.15) is 76.0 Å². The lowest BCUT2D eigenvalue weighted by atomic mass is 9.79. The number of hydrogen-bond donors (Lipinski definition) is 3. The van der Waals surface area contributed by atoms with E-state index in [4.69, 9.17) is 9.72 Å². The van der Waals surface area contributed by atoms with Crippen molar-refractivity contribution < 1.29 is 17.9 Å². The molecular weight excluding hydrogens is 588 g/mol. The molecule has 0 spiro atoms. The van der Waals surface area contributed by atoms with E-state index in [1.807, 2.05) is 20.8 Å². The smallest absolute Gasteiger partial charge is 0.234 e. The normalized spacial score (nSPS) is 19.4. The largest absolute Gasteiger partial charge is 0.489 e. The maximum Gasteiger partial charge on any atom is 0.234 e. The molecule has 242 valence electrons. The number of para-hydroxylation sites is 1. The molecule has 3 aromatic rings. The summed E-state index contributed by atoms with van der Waals surface area (Å²) in [5, 5.41) is 8.99. The first kappa shape index (κ1) is 32.7. The Labute approximate surface area is 267 Å². The quantitative estimate of drug-likeness (QED) is 0.246. The standard InChI is InChI=1S/C34H46N6O4S/c1-21(2)44-30-18-27(25-11-13-26(14-12-25)40-16-15-35-32(41)20-40)23(5)17-29(30)38-34-36-19-24(6)33(39-34)37-28-9-7-8-10-31(28)45(42,43)22(3)4/h7-10,17-19,21-22,25-26H,11-16,20H2,1-6H3,(H,35,41)(H2,36,37,38,39). The Bertz CT molecular complexity index is 1630. The molecule has 2 heterocycles. The number of nitrogens with zero attached hydrogens (tertiary/aromatic N) is 3. The van der Waals surface area contributed by atoms with Gasteiger partial charge in [-0.1, -0.05) is 12.1 Å². The summed E-state index contributed by atoms with van der Waals surface area (Å²) < 4.78 is 32.3. The maximum atomic E-state index is 13.0. The highest BCUT2D eigenvalue weighted by atomic mass is 32.2. The van der Waals surface area contributed by atoms with E-state index in [9.17, 15) is 13.2 Å². The topological polar surface area (TPSA) is 126 Å². The molecule has 45 heavy (non-hydrogen) atoms. The zero-order valence-electron chi connectivity index (χ0n) is 27.2. The summed E-state index contributed by atoms with van der Waals surface area (Å²) in [5.74, 6) is 2.19. The minimum absolute atomic E-state index is 0.0299. The van der Waals surface area contributed by atoms with E-state index < -0.39 is 15.1 Å². The Hall–Kier alpha value is -3.70. The van der Waals surface area contributed by atoms with Gasteiger partial charge in [-0.2, -0.15) is 4.98 Å². The van der Waals surface area contributed by atoms with E-state index in [0.717, 1.165) is 55.8 Å². The van der Waals surface area contributed by atoms with Crippen molar-refractivity contribution in [2.75, 3.05) is 30.3 Å². The molecule has 0 bridgehead atoms. The van der Waals surface area contributed by atoms with Crippen molar-refractivity contribution in [3.8, 4) is 5.75 Å². The molecule has 0 atom stereocenters. The first-order valence-corrected chi connectivity index (χ1v) is 17.5. The van der Waals surface area contributed by atoms with Gasteiger partial charge in [0.2, 0.25) is 11.9 Å². The maximum absolute atomic E-state index is 13.0. The van der Waals surface area contributed by atoms with Crippen molar-refractivity contribution in [2.45, 2.75) is 95.4 Å². The molecule has 10 nitrogen and oxygen atoms in total. The number of sulfone groups is 1. The summed E-state index contributed by atoms with van der Waals surface area (Å²) in [6, 6.07) is 11.6. The van der Waals surface area contributed by atoms with Crippen LogP contribution in [0.5, 0.6) is 5.75 Å². The Morgan fingerprint density at radius 1 is 0.978 bits per heavy atom. The minimum Gasteiger partial charge on any atom is -0.489 e. The van der Waals surface area contributed by atoms with Crippen LogP contribution >= 0.6 is 0 Å². The molecule has 11 heteroatoms. The first-order valence-electron chi connectivity index (χ1n) is 15.9. The number of rotatable bonds is 10. The number of amides is 1. The molecule has 2 fully saturated rings. The fourth-order valence-corrected chi connectivity index (χ4v) is 7.47. The predicted octanol–water partition coefficient (Wildman–Crippen LogP) is 6.01. The average Bonchev–Trinajstić information content (AvgIpc) is 3.00. The minimum atomic E-state index is -3.50. The van der Waals surface area contributed by atoms with Gasteiger partial charge >= 0.3 is 0 Å². The van der Waals surface area contributed by atoms with Crippen LogP contribution in [0.2, 0.25) is 0 Å². The number of benzene rings is 2. The van der Waals surface area contributed by atoms with E-state index in [0.29, 0.717) is 36.0 Å². The van der Waals surface area contributed by atoms with Crippen LogP contribution in [-0.2, 0) is 14.6 Å². The second-order valence-electron chi connectivity index (χ2n) is 12.8.